The molecule has 24 heavy (non-hydrogen) atoms. The van der Waals surface area contributed by atoms with Crippen LogP contribution in [0.5, 0.6) is 0 Å². The fourth-order valence-corrected chi connectivity index (χ4v) is 2.53. The van der Waals surface area contributed by atoms with E-state index in [0.29, 0.717) is 6.54 Å². The summed E-state index contributed by atoms with van der Waals surface area (Å²) in [6.07, 6.45) is 1.85. The molecule has 1 N–H and O–H groups in total. The molecule has 0 saturated heterocycles. The van der Waals surface area contributed by atoms with E-state index in [1.54, 1.807) is 7.05 Å². The minimum atomic E-state index is -0.846. The number of rotatable bonds is 4. The number of likely N-dealkylation sites (N-methyl/N-ethyl adjacent to an activating group) is 1. The van der Waals surface area contributed by atoms with Gasteiger partial charge in [-0.3, -0.25) is 4.79 Å². The molecular weight excluding hydrogens is 304 g/mol. The van der Waals surface area contributed by atoms with Crippen LogP contribution in [0.1, 0.15) is 11.1 Å². The number of amides is 1. The first-order valence-corrected chi connectivity index (χ1v) is 7.66. The lowest BCUT2D eigenvalue weighted by atomic mass is 10.1. The van der Waals surface area contributed by atoms with Crippen LogP contribution in [-0.4, -0.2) is 28.8 Å². The zero-order valence-electron chi connectivity index (χ0n) is 13.4. The SMILES string of the molecule is CN(Cc1c[nH]c2ccccc12)C(=O)C(=O)OCc1ccccc1. The number of carbonyl (C=O) groups excluding carboxylic acids is 2. The Balaban J connectivity index is 1.60. The number of benzene rings is 2. The maximum Gasteiger partial charge on any atom is 0.397 e. The number of hydrogen-bond acceptors (Lipinski definition) is 3. The highest BCUT2D eigenvalue weighted by Crippen LogP contribution is 2.19. The smallest absolute Gasteiger partial charge is 0.397 e. The first-order chi connectivity index (χ1) is 11.6. The van der Waals surface area contributed by atoms with E-state index in [1.807, 2.05) is 60.8 Å². The molecule has 0 spiro atoms. The van der Waals surface area contributed by atoms with Gasteiger partial charge in [0.05, 0.1) is 0 Å². The topological polar surface area (TPSA) is 62.4 Å². The average Bonchev–Trinajstić information content (AvgIpc) is 3.03. The molecule has 3 aromatic rings. The number of nitrogens with zero attached hydrogens (tertiary/aromatic N) is 1. The van der Waals surface area contributed by atoms with Crippen LogP contribution in [-0.2, 0) is 27.5 Å². The average molecular weight is 322 g/mol. The zero-order valence-corrected chi connectivity index (χ0v) is 13.4. The Morgan fingerprint density at radius 2 is 1.75 bits per heavy atom. The number of nitrogens with one attached hydrogen (secondary N) is 1. The van der Waals surface area contributed by atoms with Crippen LogP contribution in [0.3, 0.4) is 0 Å². The van der Waals surface area contributed by atoms with Crippen molar-refractivity contribution in [1.29, 1.82) is 0 Å². The fraction of sp³-hybridized carbons (Fsp3) is 0.158. The first kappa shape index (κ1) is 15.8. The third-order valence-corrected chi connectivity index (χ3v) is 3.82. The monoisotopic (exact) mass is 322 g/mol. The Bertz CT molecular complexity index is 855. The minimum Gasteiger partial charge on any atom is -0.454 e. The molecule has 122 valence electrons. The number of fused-ring (bicyclic) bond motifs is 1. The maximum atomic E-state index is 12.2. The fourth-order valence-electron chi connectivity index (χ4n) is 2.53. The number of aromatic nitrogens is 1. The van der Waals surface area contributed by atoms with E-state index in [-0.39, 0.29) is 6.61 Å². The number of H-pyrrole nitrogens is 1. The highest BCUT2D eigenvalue weighted by Gasteiger charge is 2.21. The van der Waals surface area contributed by atoms with Crippen molar-refractivity contribution in [2.24, 2.45) is 0 Å². The summed E-state index contributed by atoms with van der Waals surface area (Å²) in [7, 11) is 1.59. The van der Waals surface area contributed by atoms with Gasteiger partial charge >= 0.3 is 11.9 Å². The van der Waals surface area contributed by atoms with Crippen LogP contribution in [0.15, 0.2) is 60.8 Å². The zero-order chi connectivity index (χ0) is 16.9. The Hall–Kier alpha value is -3.08. The third-order valence-electron chi connectivity index (χ3n) is 3.82. The van der Waals surface area contributed by atoms with Gasteiger partial charge in [-0.15, -0.1) is 0 Å². The molecule has 5 nitrogen and oxygen atoms in total. The van der Waals surface area contributed by atoms with E-state index in [0.717, 1.165) is 22.0 Å². The molecule has 0 aliphatic heterocycles. The second-order valence-electron chi connectivity index (χ2n) is 5.58. The molecule has 0 saturated carbocycles. The number of para-hydroxylation sites is 1. The van der Waals surface area contributed by atoms with Gasteiger partial charge in [0.1, 0.15) is 6.61 Å². The van der Waals surface area contributed by atoms with Gasteiger partial charge in [0, 0.05) is 30.7 Å². The Labute approximate surface area is 139 Å². The minimum absolute atomic E-state index is 0.0896. The maximum absolute atomic E-state index is 12.2. The van der Waals surface area contributed by atoms with E-state index in [1.165, 1.54) is 4.90 Å². The van der Waals surface area contributed by atoms with Gasteiger partial charge in [-0.2, -0.15) is 0 Å². The van der Waals surface area contributed by atoms with Crippen LogP contribution in [0.4, 0.5) is 0 Å². The summed E-state index contributed by atoms with van der Waals surface area (Å²) in [5.41, 5.74) is 2.80. The van der Waals surface area contributed by atoms with E-state index in [2.05, 4.69) is 4.98 Å². The van der Waals surface area contributed by atoms with Crippen molar-refractivity contribution >= 4 is 22.8 Å². The highest BCUT2D eigenvalue weighted by molar-refractivity contribution is 6.32. The second-order valence-corrected chi connectivity index (χ2v) is 5.58. The molecule has 0 unspecified atom stereocenters. The quantitative estimate of drug-likeness (QED) is 0.593. The summed E-state index contributed by atoms with van der Waals surface area (Å²) in [6, 6.07) is 17.1. The van der Waals surface area contributed by atoms with Crippen molar-refractivity contribution in [2.45, 2.75) is 13.2 Å². The van der Waals surface area contributed by atoms with Crippen LogP contribution >= 0.6 is 0 Å². The largest absolute Gasteiger partial charge is 0.454 e. The lowest BCUT2D eigenvalue weighted by Crippen LogP contribution is -2.34. The van der Waals surface area contributed by atoms with E-state index in [9.17, 15) is 9.59 Å². The van der Waals surface area contributed by atoms with Gasteiger partial charge < -0.3 is 14.6 Å². The number of esters is 1. The molecule has 0 fully saturated rings. The summed E-state index contributed by atoms with van der Waals surface area (Å²) in [5.74, 6) is -1.50. The standard InChI is InChI=1S/C19H18N2O3/c1-21(12-15-11-20-17-10-6-5-9-16(15)17)18(22)19(23)24-13-14-7-3-2-4-8-14/h2-11,20H,12-13H2,1H3. The summed E-state index contributed by atoms with van der Waals surface area (Å²) >= 11 is 0. The lowest BCUT2D eigenvalue weighted by Gasteiger charge is -2.15. The molecule has 0 bridgehead atoms. The Morgan fingerprint density at radius 1 is 1.04 bits per heavy atom. The molecule has 0 aliphatic rings. The number of carbonyl (C=O) groups is 2. The van der Waals surface area contributed by atoms with Crippen molar-refractivity contribution in [3.8, 4) is 0 Å². The van der Waals surface area contributed by atoms with Crippen molar-refractivity contribution in [1.82, 2.24) is 9.88 Å². The second kappa shape index (κ2) is 7.00. The van der Waals surface area contributed by atoms with Crippen molar-refractivity contribution in [3.05, 3.63) is 71.9 Å². The van der Waals surface area contributed by atoms with E-state index in [4.69, 9.17) is 4.74 Å². The van der Waals surface area contributed by atoms with Crippen LogP contribution in [0.25, 0.3) is 10.9 Å². The number of hydrogen-bond donors (Lipinski definition) is 1. The van der Waals surface area contributed by atoms with Gasteiger partial charge in [-0.25, -0.2) is 4.79 Å². The van der Waals surface area contributed by atoms with Gasteiger partial charge in [0.25, 0.3) is 0 Å². The van der Waals surface area contributed by atoms with Crippen LogP contribution in [0.2, 0.25) is 0 Å². The predicted octanol–water partition coefficient (Wildman–Crippen LogP) is 2.87. The van der Waals surface area contributed by atoms with E-state index >= 15 is 0 Å². The summed E-state index contributed by atoms with van der Waals surface area (Å²) < 4.78 is 5.08. The lowest BCUT2D eigenvalue weighted by molar-refractivity contribution is -0.160. The van der Waals surface area contributed by atoms with Crippen LogP contribution in [0, 0.1) is 0 Å². The third kappa shape index (κ3) is 3.46. The molecule has 3 rings (SSSR count). The molecule has 1 heterocycles. The molecule has 1 amide bonds. The molecule has 0 radical (unpaired) electrons. The molecule has 5 heteroatoms. The summed E-state index contributed by atoms with van der Waals surface area (Å²) in [4.78, 5) is 28.6. The normalized spacial score (nSPS) is 10.5. The first-order valence-electron chi connectivity index (χ1n) is 7.66. The van der Waals surface area contributed by atoms with E-state index < -0.39 is 11.9 Å². The Morgan fingerprint density at radius 3 is 2.54 bits per heavy atom. The molecule has 2 aromatic carbocycles. The molecule has 0 aliphatic carbocycles. The van der Waals surface area contributed by atoms with Gasteiger partial charge in [-0.05, 0) is 17.2 Å². The Kier molecular flexibility index (Phi) is 4.61. The molecule has 0 atom stereocenters. The van der Waals surface area contributed by atoms with Crippen molar-refractivity contribution < 1.29 is 14.3 Å². The van der Waals surface area contributed by atoms with Gasteiger partial charge in [0.15, 0.2) is 0 Å². The number of ether oxygens (including phenoxy) is 1. The van der Waals surface area contributed by atoms with Crippen molar-refractivity contribution in [3.63, 3.8) is 0 Å². The highest BCUT2D eigenvalue weighted by atomic mass is 16.5. The predicted molar refractivity (Wildman–Crippen MR) is 91.0 cm³/mol. The summed E-state index contributed by atoms with van der Waals surface area (Å²) in [6.45, 7) is 0.426. The van der Waals surface area contributed by atoms with Crippen LogP contribution < -0.4 is 0 Å². The summed E-state index contributed by atoms with van der Waals surface area (Å²) in [5, 5.41) is 1.04. The molecule has 1 aromatic heterocycles. The van der Waals surface area contributed by atoms with Gasteiger partial charge in [0.2, 0.25) is 0 Å². The number of aromatic amines is 1. The van der Waals surface area contributed by atoms with Crippen molar-refractivity contribution in [2.75, 3.05) is 7.05 Å². The van der Waals surface area contributed by atoms with Gasteiger partial charge in [-0.1, -0.05) is 48.5 Å². The molecular formula is C19H18N2O3.